The third kappa shape index (κ3) is 5.63. The lowest BCUT2D eigenvalue weighted by atomic mass is 9.80. The number of aromatic nitrogens is 1. The molecule has 3 aromatic carbocycles. The van der Waals surface area contributed by atoms with Gasteiger partial charge in [0.15, 0.2) is 17.4 Å². The number of esters is 2. The summed E-state index contributed by atoms with van der Waals surface area (Å²) in [6.45, 7) is 5.59. The van der Waals surface area contributed by atoms with Gasteiger partial charge in [0.1, 0.15) is 6.61 Å². The molecule has 0 aliphatic carbocycles. The minimum Gasteiger partial charge on any atom is -0.490 e. The summed E-state index contributed by atoms with van der Waals surface area (Å²) in [5.41, 5.74) is 3.18. The van der Waals surface area contributed by atoms with Crippen molar-refractivity contribution < 1.29 is 28.5 Å². The second kappa shape index (κ2) is 10.9. The van der Waals surface area contributed by atoms with Gasteiger partial charge in [-0.3, -0.25) is 9.59 Å². The maximum absolute atomic E-state index is 13.3. The van der Waals surface area contributed by atoms with Crippen molar-refractivity contribution in [3.63, 3.8) is 0 Å². The summed E-state index contributed by atoms with van der Waals surface area (Å²) in [5, 5.41) is 1.50. The fourth-order valence-corrected chi connectivity index (χ4v) is 5.64. The molecule has 1 aromatic heterocycles. The first-order valence-electron chi connectivity index (χ1n) is 12.5. The molecule has 7 nitrogen and oxygen atoms in total. The summed E-state index contributed by atoms with van der Waals surface area (Å²) >= 11 is 9.77. The van der Waals surface area contributed by atoms with Crippen molar-refractivity contribution in [2.24, 2.45) is 5.92 Å². The number of para-hydroxylation sites is 1. The van der Waals surface area contributed by atoms with E-state index in [0.29, 0.717) is 33.2 Å². The molecular weight excluding hydrogens is 586 g/mol. The van der Waals surface area contributed by atoms with E-state index in [1.807, 2.05) is 61.7 Å². The van der Waals surface area contributed by atoms with E-state index in [1.54, 1.807) is 12.1 Å². The number of rotatable bonds is 8. The number of hydrogen-bond donors (Lipinski definition) is 1. The largest absolute Gasteiger partial charge is 0.490 e. The second-order valence-electron chi connectivity index (χ2n) is 9.67. The van der Waals surface area contributed by atoms with Crippen molar-refractivity contribution in [3.8, 4) is 11.5 Å². The van der Waals surface area contributed by atoms with E-state index in [1.165, 1.54) is 13.8 Å². The monoisotopic (exact) mass is 611 g/mol. The van der Waals surface area contributed by atoms with Gasteiger partial charge in [0, 0.05) is 41.9 Å². The number of benzene rings is 3. The van der Waals surface area contributed by atoms with E-state index in [2.05, 4.69) is 20.9 Å². The SMILES string of the molecule is CCOc1cc([C@@H](c2c[nH]c3ccccc23)C2C(=O)OC(C)(C)OC2=O)cc(Br)c1OCc1cccc(Cl)c1. The average Bonchev–Trinajstić information content (AvgIpc) is 3.29. The summed E-state index contributed by atoms with van der Waals surface area (Å²) in [6, 6.07) is 18.8. The van der Waals surface area contributed by atoms with Crippen LogP contribution < -0.4 is 9.47 Å². The molecule has 1 N–H and O–H groups in total. The summed E-state index contributed by atoms with van der Waals surface area (Å²) in [7, 11) is 0. The van der Waals surface area contributed by atoms with E-state index in [4.69, 9.17) is 30.5 Å². The average molecular weight is 613 g/mol. The van der Waals surface area contributed by atoms with Crippen molar-refractivity contribution in [3.05, 3.63) is 93.0 Å². The van der Waals surface area contributed by atoms with Crippen LogP contribution in [0.25, 0.3) is 10.9 Å². The van der Waals surface area contributed by atoms with Gasteiger partial charge in [-0.2, -0.15) is 0 Å². The zero-order valence-corrected chi connectivity index (χ0v) is 24.0. The normalized spacial score (nSPS) is 16.0. The van der Waals surface area contributed by atoms with Gasteiger partial charge in [0.25, 0.3) is 5.79 Å². The topological polar surface area (TPSA) is 86.9 Å². The van der Waals surface area contributed by atoms with Crippen LogP contribution in [0.1, 0.15) is 43.4 Å². The Balaban J connectivity index is 1.61. The van der Waals surface area contributed by atoms with Crippen LogP contribution in [0, 0.1) is 5.92 Å². The Kier molecular flexibility index (Phi) is 7.60. The van der Waals surface area contributed by atoms with Crippen LogP contribution in [0.5, 0.6) is 11.5 Å². The molecule has 9 heteroatoms. The predicted octanol–water partition coefficient (Wildman–Crippen LogP) is 7.15. The molecular formula is C30H27BrClNO6. The standard InChI is InChI=1S/C30H27BrClNO6/c1-4-36-24-14-18(13-22(31)27(24)37-16-17-8-7-9-19(32)12-17)25(21-15-33-23-11-6-5-10-20(21)23)26-28(34)38-30(2,3)39-29(26)35/h5-15,25-26,33H,4,16H2,1-3H3/t25-/m0/s1. The first-order chi connectivity index (χ1) is 18.7. The Labute approximate surface area is 239 Å². The molecule has 39 heavy (non-hydrogen) atoms. The van der Waals surface area contributed by atoms with Crippen LogP contribution >= 0.6 is 27.5 Å². The molecule has 1 atom stereocenters. The van der Waals surface area contributed by atoms with Gasteiger partial charge in [0.05, 0.1) is 11.1 Å². The third-order valence-corrected chi connectivity index (χ3v) is 7.28. The minimum atomic E-state index is -1.34. The van der Waals surface area contributed by atoms with Crippen molar-refractivity contribution in [1.82, 2.24) is 4.98 Å². The van der Waals surface area contributed by atoms with Gasteiger partial charge < -0.3 is 23.9 Å². The van der Waals surface area contributed by atoms with Crippen molar-refractivity contribution in [1.29, 1.82) is 0 Å². The number of nitrogens with one attached hydrogen (secondary N) is 1. The van der Waals surface area contributed by atoms with Gasteiger partial charge >= 0.3 is 11.9 Å². The molecule has 1 fully saturated rings. The zero-order chi connectivity index (χ0) is 27.7. The van der Waals surface area contributed by atoms with Crippen LogP contribution in [0.15, 0.2) is 71.3 Å². The molecule has 2 heterocycles. The maximum atomic E-state index is 13.3. The Morgan fingerprint density at radius 2 is 1.77 bits per heavy atom. The Hall–Kier alpha value is -3.49. The highest BCUT2D eigenvalue weighted by Gasteiger charge is 2.49. The van der Waals surface area contributed by atoms with Crippen LogP contribution in [-0.2, 0) is 25.7 Å². The molecule has 1 aliphatic heterocycles. The van der Waals surface area contributed by atoms with Crippen LogP contribution in [-0.4, -0.2) is 29.3 Å². The summed E-state index contributed by atoms with van der Waals surface area (Å²) < 4.78 is 23.8. The maximum Gasteiger partial charge on any atom is 0.324 e. The fraction of sp³-hybridized carbons (Fsp3) is 0.267. The van der Waals surface area contributed by atoms with Crippen molar-refractivity contribution in [2.75, 3.05) is 6.61 Å². The second-order valence-corrected chi connectivity index (χ2v) is 11.0. The molecule has 202 valence electrons. The quantitative estimate of drug-likeness (QED) is 0.168. The summed E-state index contributed by atoms with van der Waals surface area (Å²) in [4.78, 5) is 29.9. The molecule has 0 amide bonds. The number of carbonyl (C=O) groups excluding carboxylic acids is 2. The molecule has 4 aromatic rings. The minimum absolute atomic E-state index is 0.265. The summed E-state index contributed by atoms with van der Waals surface area (Å²) in [6.07, 6.45) is 1.81. The lowest BCUT2D eigenvalue weighted by Gasteiger charge is -2.36. The Morgan fingerprint density at radius 1 is 1.03 bits per heavy atom. The molecule has 0 spiro atoms. The number of carbonyl (C=O) groups is 2. The molecule has 1 aliphatic rings. The molecule has 1 saturated heterocycles. The molecule has 0 radical (unpaired) electrons. The summed E-state index contributed by atoms with van der Waals surface area (Å²) in [5.74, 6) is -3.64. The number of cyclic esters (lactones) is 2. The van der Waals surface area contributed by atoms with Crippen molar-refractivity contribution >= 4 is 50.4 Å². The Morgan fingerprint density at radius 3 is 2.49 bits per heavy atom. The van der Waals surface area contributed by atoms with Crippen LogP contribution in [0.2, 0.25) is 5.02 Å². The third-order valence-electron chi connectivity index (χ3n) is 6.45. The number of H-pyrrole nitrogens is 1. The van der Waals surface area contributed by atoms with E-state index in [-0.39, 0.29) is 6.61 Å². The highest BCUT2D eigenvalue weighted by molar-refractivity contribution is 9.10. The predicted molar refractivity (Wildman–Crippen MR) is 151 cm³/mol. The van der Waals surface area contributed by atoms with E-state index >= 15 is 0 Å². The first-order valence-corrected chi connectivity index (χ1v) is 13.7. The smallest absolute Gasteiger partial charge is 0.324 e. The molecule has 0 saturated carbocycles. The molecule has 0 unspecified atom stereocenters. The molecule has 0 bridgehead atoms. The number of fused-ring (bicyclic) bond motifs is 1. The van der Waals surface area contributed by atoms with Gasteiger partial charge in [0.2, 0.25) is 0 Å². The lowest BCUT2D eigenvalue weighted by Crippen LogP contribution is -2.48. The lowest BCUT2D eigenvalue weighted by molar-refractivity contribution is -0.240. The number of halogens is 2. The number of ether oxygens (including phenoxy) is 4. The van der Waals surface area contributed by atoms with Crippen LogP contribution in [0.4, 0.5) is 0 Å². The highest BCUT2D eigenvalue weighted by Crippen LogP contribution is 2.45. The first kappa shape index (κ1) is 27.1. The van der Waals surface area contributed by atoms with E-state index in [0.717, 1.165) is 22.0 Å². The molecule has 5 rings (SSSR count). The Bertz CT molecular complexity index is 1530. The van der Waals surface area contributed by atoms with E-state index in [9.17, 15) is 9.59 Å². The zero-order valence-electron chi connectivity index (χ0n) is 21.6. The van der Waals surface area contributed by atoms with Gasteiger partial charge in [-0.1, -0.05) is 41.9 Å². The van der Waals surface area contributed by atoms with E-state index < -0.39 is 29.6 Å². The van der Waals surface area contributed by atoms with Crippen LogP contribution in [0.3, 0.4) is 0 Å². The van der Waals surface area contributed by atoms with Gasteiger partial charge in [-0.15, -0.1) is 0 Å². The number of aromatic amines is 1. The highest BCUT2D eigenvalue weighted by atomic mass is 79.9. The van der Waals surface area contributed by atoms with Gasteiger partial charge in [-0.25, -0.2) is 0 Å². The van der Waals surface area contributed by atoms with Gasteiger partial charge in [-0.05, 0) is 69.9 Å². The fourth-order valence-electron chi connectivity index (χ4n) is 4.86. The van der Waals surface area contributed by atoms with Crippen molar-refractivity contribution in [2.45, 2.75) is 39.1 Å². The number of hydrogen-bond acceptors (Lipinski definition) is 6.